The predicted molar refractivity (Wildman–Crippen MR) is 234 cm³/mol. The minimum atomic E-state index is -3.66. The van der Waals surface area contributed by atoms with Gasteiger partial charge >= 0.3 is 18.0 Å². The quantitative estimate of drug-likeness (QED) is 0.0993. The van der Waals surface area contributed by atoms with Crippen LogP contribution in [0.15, 0.2) is 66.1 Å². The third kappa shape index (κ3) is 22.4. The minimum absolute atomic E-state index is 0.0421. The zero-order chi connectivity index (χ0) is 47.1. The van der Waals surface area contributed by atoms with Crippen molar-refractivity contribution in [3.05, 3.63) is 77.2 Å². The van der Waals surface area contributed by atoms with Crippen molar-refractivity contribution < 1.29 is 56.1 Å². The highest BCUT2D eigenvalue weighted by Crippen LogP contribution is 2.20. The maximum absolute atomic E-state index is 14.2. The van der Waals surface area contributed by atoms with Gasteiger partial charge in [0, 0.05) is 24.5 Å². The lowest BCUT2D eigenvalue weighted by Crippen LogP contribution is -2.58. The van der Waals surface area contributed by atoms with Crippen molar-refractivity contribution in [2.75, 3.05) is 6.26 Å². The molecule has 2 aromatic carbocycles. The summed E-state index contributed by atoms with van der Waals surface area (Å²) < 4.78 is 46.1. The van der Waals surface area contributed by atoms with Crippen LogP contribution in [0.1, 0.15) is 107 Å². The first-order valence-electron chi connectivity index (χ1n) is 20.5. The fraction of sp³-hybridized carbons (Fsp3) is 0.556. The van der Waals surface area contributed by atoms with Gasteiger partial charge in [-0.1, -0.05) is 62.4 Å². The van der Waals surface area contributed by atoms with Gasteiger partial charge in [0.25, 0.3) is 0 Å². The number of rotatable bonds is 20. The van der Waals surface area contributed by atoms with E-state index in [1.54, 1.807) is 104 Å². The molecule has 0 spiro atoms. The van der Waals surface area contributed by atoms with Crippen LogP contribution in [0.25, 0.3) is 0 Å². The Bertz CT molecular complexity index is 1960. The van der Waals surface area contributed by atoms with E-state index in [9.17, 15) is 37.2 Å². The Kier molecular flexibility index (Phi) is 19.7. The molecule has 0 radical (unpaired) electrons. The lowest BCUT2D eigenvalue weighted by atomic mass is 10.0. The molecule has 2 rings (SSSR count). The van der Waals surface area contributed by atoms with Gasteiger partial charge in [0.1, 0.15) is 47.3 Å². The van der Waals surface area contributed by atoms with Crippen LogP contribution in [0.5, 0.6) is 5.75 Å². The first-order valence-corrected chi connectivity index (χ1v) is 22.4. The molecule has 0 heterocycles. The fourth-order valence-electron chi connectivity index (χ4n) is 5.62. The summed E-state index contributed by atoms with van der Waals surface area (Å²) >= 11 is 0. The molecule has 4 atom stereocenters. The Balaban J connectivity index is 2.45. The molecule has 0 saturated heterocycles. The van der Waals surface area contributed by atoms with Gasteiger partial charge in [-0.05, 0) is 97.9 Å². The van der Waals surface area contributed by atoms with E-state index in [0.717, 1.165) is 17.7 Å². The van der Waals surface area contributed by atoms with Crippen LogP contribution in [-0.4, -0.2) is 91.4 Å². The van der Waals surface area contributed by atoms with E-state index in [0.29, 0.717) is 16.9 Å². The third-order valence-electron chi connectivity index (χ3n) is 8.24. The van der Waals surface area contributed by atoms with Crippen LogP contribution in [0.2, 0.25) is 0 Å². The topological polar surface area (TPSA) is 222 Å². The van der Waals surface area contributed by atoms with Crippen molar-refractivity contribution in [3.63, 3.8) is 0 Å². The molecule has 0 aliphatic carbocycles. The lowest BCUT2D eigenvalue weighted by Gasteiger charge is -2.28. The summed E-state index contributed by atoms with van der Waals surface area (Å²) in [5.41, 5.74) is -0.824. The van der Waals surface area contributed by atoms with Gasteiger partial charge in [-0.25, -0.2) is 13.2 Å². The molecule has 0 aromatic heterocycles. The highest BCUT2D eigenvalue weighted by Gasteiger charge is 2.33. The van der Waals surface area contributed by atoms with Crippen LogP contribution >= 0.6 is 0 Å². The number of benzene rings is 2. The Labute approximate surface area is 366 Å². The van der Waals surface area contributed by atoms with Gasteiger partial charge < -0.3 is 40.2 Å². The molecular formula is C45H66N4O12S. The van der Waals surface area contributed by atoms with E-state index < -0.39 is 98.9 Å². The van der Waals surface area contributed by atoms with Gasteiger partial charge in [-0.2, -0.15) is 0 Å². The highest BCUT2D eigenvalue weighted by atomic mass is 32.2. The minimum Gasteiger partial charge on any atom is -0.488 e. The zero-order valence-electron chi connectivity index (χ0n) is 38.1. The number of carbonyl (C=O) groups is 6. The zero-order valence-corrected chi connectivity index (χ0v) is 38.9. The molecule has 16 nitrogen and oxygen atoms in total. The van der Waals surface area contributed by atoms with Crippen molar-refractivity contribution in [2.24, 2.45) is 5.92 Å². The second kappa shape index (κ2) is 23.1. The van der Waals surface area contributed by atoms with E-state index in [2.05, 4.69) is 21.3 Å². The Morgan fingerprint density at radius 1 is 0.661 bits per heavy atom. The molecule has 344 valence electrons. The lowest BCUT2D eigenvalue weighted by molar-refractivity contribution is -0.156. The first-order chi connectivity index (χ1) is 28.5. The molecule has 2 aromatic rings. The van der Waals surface area contributed by atoms with Crippen molar-refractivity contribution >= 4 is 45.6 Å². The smallest absolute Gasteiger partial charge is 0.408 e. The highest BCUT2D eigenvalue weighted by molar-refractivity contribution is 7.93. The average molecular weight is 887 g/mol. The summed E-state index contributed by atoms with van der Waals surface area (Å²) in [6.45, 7) is 18.9. The summed E-state index contributed by atoms with van der Waals surface area (Å²) in [7, 11) is -3.66. The fourth-order valence-corrected chi connectivity index (χ4v) is 6.10. The Hall–Kier alpha value is -5.45. The maximum atomic E-state index is 14.2. The molecule has 0 aliphatic heterocycles. The number of hydrogen-bond donors (Lipinski definition) is 4. The number of alkyl carbamates (subject to hydrolysis) is 1. The summed E-state index contributed by atoms with van der Waals surface area (Å²) in [6.07, 6.45) is 0.153. The van der Waals surface area contributed by atoms with Crippen molar-refractivity contribution in [3.8, 4) is 5.75 Å². The van der Waals surface area contributed by atoms with E-state index in [1.165, 1.54) is 0 Å². The van der Waals surface area contributed by atoms with Gasteiger partial charge in [0.05, 0.1) is 12.5 Å². The number of amides is 4. The van der Waals surface area contributed by atoms with Crippen LogP contribution in [0.4, 0.5) is 4.79 Å². The van der Waals surface area contributed by atoms with Crippen LogP contribution in [0, 0.1) is 5.92 Å². The summed E-state index contributed by atoms with van der Waals surface area (Å²) in [5.74, 6) is -3.75. The predicted octanol–water partition coefficient (Wildman–Crippen LogP) is 5.22. The maximum Gasteiger partial charge on any atom is 0.408 e. The van der Waals surface area contributed by atoms with Crippen LogP contribution < -0.4 is 26.0 Å². The standard InChI is InChI=1S/C45H66N4O12S/c1-29(2)38(41(54)46-32(24-25-62(12,56)57)27-37(51)61-45(9,10)11)49-39(52)34(22-23-36(50)60-44(6,7)8)47-40(53)35(48-42(55)58-28-31-16-14-13-15-17-31)26-30-18-20-33(21-19-30)59-43(3,4)5/h13-21,24-25,29,32,34-35,38H,22-23,26-28H2,1-12H3,(H,46,54)(H,47,53)(H,48,55)(H,49,52)/b25-24+/t32?,34?,35-,38-/m0/s1. The van der Waals surface area contributed by atoms with E-state index in [1.807, 2.05) is 26.8 Å². The summed E-state index contributed by atoms with van der Waals surface area (Å²) in [4.78, 5) is 80.8. The number of ether oxygens (including phenoxy) is 4. The third-order valence-corrected chi connectivity index (χ3v) is 8.89. The number of carbonyl (C=O) groups excluding carboxylic acids is 6. The number of esters is 2. The molecule has 0 aliphatic rings. The van der Waals surface area contributed by atoms with E-state index >= 15 is 0 Å². The second-order valence-corrected chi connectivity index (χ2v) is 20.2. The monoisotopic (exact) mass is 886 g/mol. The average Bonchev–Trinajstić information content (AvgIpc) is 3.11. The Morgan fingerprint density at radius 3 is 1.76 bits per heavy atom. The molecule has 17 heteroatoms. The van der Waals surface area contributed by atoms with Crippen LogP contribution in [0.3, 0.4) is 0 Å². The van der Waals surface area contributed by atoms with Crippen molar-refractivity contribution in [1.82, 2.24) is 21.3 Å². The number of nitrogens with one attached hydrogen (secondary N) is 4. The molecule has 0 saturated carbocycles. The van der Waals surface area contributed by atoms with Crippen LogP contribution in [-0.2, 0) is 61.0 Å². The SMILES string of the molecule is CC(C)[C@H](NC(=O)C(CCC(=O)OC(C)(C)C)NC(=O)[C@H](Cc1ccc(OC(C)(C)C)cc1)NC(=O)OCc1ccccc1)C(=O)NC(/C=C/S(C)(=O)=O)CC(=O)OC(C)(C)C. The molecule has 0 fully saturated rings. The number of sulfone groups is 1. The van der Waals surface area contributed by atoms with E-state index in [-0.39, 0.29) is 25.9 Å². The van der Waals surface area contributed by atoms with Crippen molar-refractivity contribution in [1.29, 1.82) is 0 Å². The normalized spacial score (nSPS) is 14.1. The Morgan fingerprint density at radius 2 is 1.23 bits per heavy atom. The number of hydrogen-bond acceptors (Lipinski definition) is 12. The summed E-state index contributed by atoms with van der Waals surface area (Å²) in [6, 6.07) is 10.7. The van der Waals surface area contributed by atoms with Crippen molar-refractivity contribution in [2.45, 2.75) is 149 Å². The first kappa shape index (κ1) is 52.7. The largest absolute Gasteiger partial charge is 0.488 e. The van der Waals surface area contributed by atoms with E-state index in [4.69, 9.17) is 18.9 Å². The summed E-state index contributed by atoms with van der Waals surface area (Å²) in [5, 5.41) is 11.4. The van der Waals surface area contributed by atoms with Gasteiger partial charge in [-0.3, -0.25) is 24.0 Å². The molecule has 4 N–H and O–H groups in total. The van der Waals surface area contributed by atoms with Gasteiger partial charge in [0.2, 0.25) is 17.7 Å². The molecule has 4 amide bonds. The molecule has 0 bridgehead atoms. The molecule has 62 heavy (non-hydrogen) atoms. The second-order valence-electron chi connectivity index (χ2n) is 18.3. The molecule has 2 unspecified atom stereocenters. The molecular weight excluding hydrogens is 821 g/mol. The van der Waals surface area contributed by atoms with Gasteiger partial charge in [0.15, 0.2) is 9.84 Å². The van der Waals surface area contributed by atoms with Gasteiger partial charge in [-0.15, -0.1) is 0 Å².